The Labute approximate surface area is 137 Å². The third-order valence-corrected chi connectivity index (χ3v) is 4.27. The molecule has 4 rings (SSSR count). The van der Waals surface area contributed by atoms with E-state index in [2.05, 4.69) is 9.97 Å². The number of aromatic amines is 1. The monoisotopic (exact) mass is 329 g/mol. The highest BCUT2D eigenvalue weighted by Gasteiger charge is 2.37. The maximum Gasteiger partial charge on any atom is 0.332 e. The Morgan fingerprint density at radius 1 is 1.33 bits per heavy atom. The molecule has 8 heteroatoms. The molecule has 0 saturated carbocycles. The van der Waals surface area contributed by atoms with Gasteiger partial charge in [-0.3, -0.25) is 4.79 Å². The van der Waals surface area contributed by atoms with Crippen LogP contribution in [0.25, 0.3) is 0 Å². The second kappa shape index (κ2) is 5.55. The zero-order valence-corrected chi connectivity index (χ0v) is 12.7. The lowest BCUT2D eigenvalue weighted by atomic mass is 10.0. The maximum atomic E-state index is 12.7. The second-order valence-electron chi connectivity index (χ2n) is 5.71. The molecule has 124 valence electrons. The molecule has 0 spiro atoms. The lowest BCUT2D eigenvalue weighted by Gasteiger charge is -2.32. The normalized spacial score (nSPS) is 18.3. The predicted octanol–water partition coefficient (Wildman–Crippen LogP) is 0.891. The van der Waals surface area contributed by atoms with E-state index >= 15 is 0 Å². The maximum absolute atomic E-state index is 12.7. The van der Waals surface area contributed by atoms with Crippen LogP contribution in [0.4, 0.5) is 0 Å². The Kier molecular flexibility index (Phi) is 3.37. The van der Waals surface area contributed by atoms with Crippen molar-refractivity contribution in [2.45, 2.75) is 18.9 Å². The summed E-state index contributed by atoms with van der Waals surface area (Å²) in [4.78, 5) is 32.7. The number of hydrogen-bond donors (Lipinski definition) is 2. The van der Waals surface area contributed by atoms with E-state index in [0.717, 1.165) is 11.3 Å². The molecule has 0 aliphatic carbocycles. The summed E-state index contributed by atoms with van der Waals surface area (Å²) in [5, 5.41) is 9.53. The van der Waals surface area contributed by atoms with Crippen LogP contribution in [-0.2, 0) is 22.4 Å². The molecule has 3 heterocycles. The molecule has 1 aromatic carbocycles. The largest absolute Gasteiger partial charge is 0.479 e. The van der Waals surface area contributed by atoms with Crippen LogP contribution in [-0.4, -0.2) is 45.2 Å². The van der Waals surface area contributed by atoms with Gasteiger partial charge in [-0.2, -0.15) is 0 Å². The standard InChI is InChI=1S/C16H15N3O5/c20-13(6-9-1-2-11-12(5-9)24-8-23-11)19-4-3-10-14(18-7-17-10)15(19)16(21)22/h1-2,5,7,15H,3-4,6,8H2,(H,17,18)(H,21,22). The molecular formula is C16H15N3O5. The lowest BCUT2D eigenvalue weighted by molar-refractivity contribution is -0.151. The summed E-state index contributed by atoms with van der Waals surface area (Å²) >= 11 is 0. The molecule has 2 aromatic rings. The van der Waals surface area contributed by atoms with Gasteiger partial charge in [0.05, 0.1) is 18.4 Å². The Morgan fingerprint density at radius 2 is 2.17 bits per heavy atom. The SMILES string of the molecule is O=C(O)C1c2nc[nH]c2CCN1C(=O)Cc1ccc2c(c1)OCO2. The summed E-state index contributed by atoms with van der Waals surface area (Å²) < 4.78 is 10.6. The number of aliphatic carboxylic acids is 1. The van der Waals surface area contributed by atoms with E-state index in [-0.39, 0.29) is 19.1 Å². The van der Waals surface area contributed by atoms with Gasteiger partial charge in [0.1, 0.15) is 0 Å². The molecule has 1 amide bonds. The van der Waals surface area contributed by atoms with Crippen LogP contribution >= 0.6 is 0 Å². The van der Waals surface area contributed by atoms with Crippen LogP contribution in [0.2, 0.25) is 0 Å². The van der Waals surface area contributed by atoms with E-state index in [1.165, 1.54) is 11.2 Å². The number of carboxylic acid groups (broad SMARTS) is 1. The molecular weight excluding hydrogens is 314 g/mol. The van der Waals surface area contributed by atoms with Gasteiger partial charge in [-0.05, 0) is 17.7 Å². The summed E-state index contributed by atoms with van der Waals surface area (Å²) in [6.45, 7) is 0.511. The van der Waals surface area contributed by atoms with Gasteiger partial charge in [0.2, 0.25) is 12.7 Å². The van der Waals surface area contributed by atoms with E-state index < -0.39 is 12.0 Å². The number of aromatic nitrogens is 2. The van der Waals surface area contributed by atoms with Crippen molar-refractivity contribution in [2.75, 3.05) is 13.3 Å². The molecule has 1 aromatic heterocycles. The topological polar surface area (TPSA) is 105 Å². The van der Waals surface area contributed by atoms with Crippen molar-refractivity contribution in [1.29, 1.82) is 0 Å². The number of carbonyl (C=O) groups is 2. The van der Waals surface area contributed by atoms with E-state index in [4.69, 9.17) is 9.47 Å². The van der Waals surface area contributed by atoms with Gasteiger partial charge >= 0.3 is 5.97 Å². The van der Waals surface area contributed by atoms with Crippen molar-refractivity contribution in [3.63, 3.8) is 0 Å². The number of imidazole rings is 1. The van der Waals surface area contributed by atoms with Crippen molar-refractivity contribution in [2.24, 2.45) is 0 Å². The number of amides is 1. The quantitative estimate of drug-likeness (QED) is 0.866. The summed E-state index contributed by atoms with van der Waals surface area (Å²) in [6, 6.07) is 4.23. The predicted molar refractivity (Wildman–Crippen MR) is 80.7 cm³/mol. The van der Waals surface area contributed by atoms with Crippen LogP contribution in [0.3, 0.4) is 0 Å². The van der Waals surface area contributed by atoms with Gasteiger partial charge in [-0.25, -0.2) is 9.78 Å². The molecule has 0 fully saturated rings. The van der Waals surface area contributed by atoms with Gasteiger partial charge in [0.25, 0.3) is 0 Å². The van der Waals surface area contributed by atoms with E-state index in [0.29, 0.717) is 30.2 Å². The van der Waals surface area contributed by atoms with Crippen molar-refractivity contribution < 1.29 is 24.2 Å². The van der Waals surface area contributed by atoms with Gasteiger partial charge in [-0.1, -0.05) is 6.07 Å². The van der Waals surface area contributed by atoms with E-state index in [9.17, 15) is 14.7 Å². The number of nitrogens with one attached hydrogen (secondary N) is 1. The fourth-order valence-corrected chi connectivity index (χ4v) is 3.12. The number of rotatable bonds is 3. The number of carboxylic acids is 1. The van der Waals surface area contributed by atoms with Crippen molar-refractivity contribution in [1.82, 2.24) is 14.9 Å². The minimum Gasteiger partial charge on any atom is -0.479 e. The van der Waals surface area contributed by atoms with Gasteiger partial charge in [0.15, 0.2) is 17.5 Å². The average Bonchev–Trinajstić information content (AvgIpc) is 3.21. The zero-order valence-electron chi connectivity index (χ0n) is 12.7. The Morgan fingerprint density at radius 3 is 3.00 bits per heavy atom. The Balaban J connectivity index is 1.56. The van der Waals surface area contributed by atoms with Gasteiger partial charge < -0.3 is 24.5 Å². The van der Waals surface area contributed by atoms with E-state index in [1.54, 1.807) is 18.2 Å². The van der Waals surface area contributed by atoms with Crippen molar-refractivity contribution in [3.05, 3.63) is 41.5 Å². The molecule has 0 bridgehead atoms. The highest BCUT2D eigenvalue weighted by molar-refractivity contribution is 5.86. The number of ether oxygens (including phenoxy) is 2. The highest BCUT2D eigenvalue weighted by Crippen LogP contribution is 2.33. The summed E-state index contributed by atoms with van der Waals surface area (Å²) in [7, 11) is 0. The second-order valence-corrected chi connectivity index (χ2v) is 5.71. The van der Waals surface area contributed by atoms with Crippen LogP contribution in [0.15, 0.2) is 24.5 Å². The molecule has 8 nitrogen and oxygen atoms in total. The first-order valence-electron chi connectivity index (χ1n) is 7.56. The Hall–Kier alpha value is -3.03. The molecule has 24 heavy (non-hydrogen) atoms. The van der Waals surface area contributed by atoms with Crippen LogP contribution in [0.5, 0.6) is 11.5 Å². The zero-order chi connectivity index (χ0) is 16.7. The molecule has 2 aliphatic heterocycles. The minimum atomic E-state index is -1.08. The smallest absolute Gasteiger partial charge is 0.332 e. The Bertz CT molecular complexity index is 816. The highest BCUT2D eigenvalue weighted by atomic mass is 16.7. The summed E-state index contributed by atoms with van der Waals surface area (Å²) in [5.74, 6) is -0.0888. The number of carbonyl (C=O) groups excluding carboxylic acids is 1. The number of H-pyrrole nitrogens is 1. The number of fused-ring (bicyclic) bond motifs is 2. The van der Waals surface area contributed by atoms with E-state index in [1.807, 2.05) is 0 Å². The van der Waals surface area contributed by atoms with Crippen LogP contribution in [0, 0.1) is 0 Å². The number of benzene rings is 1. The first-order valence-corrected chi connectivity index (χ1v) is 7.56. The molecule has 2 N–H and O–H groups in total. The lowest BCUT2D eigenvalue weighted by Crippen LogP contribution is -2.44. The van der Waals surface area contributed by atoms with Crippen molar-refractivity contribution >= 4 is 11.9 Å². The van der Waals surface area contributed by atoms with Crippen LogP contribution in [0.1, 0.15) is 23.0 Å². The van der Waals surface area contributed by atoms with Gasteiger partial charge in [0, 0.05) is 18.7 Å². The van der Waals surface area contributed by atoms with Crippen LogP contribution < -0.4 is 9.47 Å². The average molecular weight is 329 g/mol. The molecule has 0 saturated heterocycles. The fraction of sp³-hybridized carbons (Fsp3) is 0.312. The summed E-state index contributed by atoms with van der Waals surface area (Å²) in [5.41, 5.74) is 1.93. The number of hydrogen-bond acceptors (Lipinski definition) is 5. The third-order valence-electron chi connectivity index (χ3n) is 4.27. The van der Waals surface area contributed by atoms with Crippen molar-refractivity contribution in [3.8, 4) is 11.5 Å². The molecule has 0 radical (unpaired) electrons. The molecule has 1 atom stereocenters. The minimum absolute atomic E-state index is 0.0974. The van der Waals surface area contributed by atoms with Gasteiger partial charge in [-0.15, -0.1) is 0 Å². The number of nitrogens with zero attached hydrogens (tertiary/aromatic N) is 2. The third kappa shape index (κ3) is 2.36. The first-order chi connectivity index (χ1) is 11.6. The first kappa shape index (κ1) is 14.6. The molecule has 1 unspecified atom stereocenters. The molecule has 2 aliphatic rings. The summed E-state index contributed by atoms with van der Waals surface area (Å²) in [6.07, 6.45) is 2.12. The fourth-order valence-electron chi connectivity index (χ4n) is 3.12.